The standard InChI is InChI=1S/C60H67N11O7S/c1-38-40(41-20-22-50(62-54(41)58(76)78-60(2,3)4)71-26-24-39-12-8-14-42(45(39)36-71)56(74)64-59-61-46-16-6-7-19-49(46)79-59)13-10-18-48(38)77-35-11-25-67-27-29-68(30-28-67)37-52(73)70-33-31-69(32-34-70)47-17-9-15-43-53(65-66(5)55(43)47)44-21-23-51(72)63-57(44)75/h6-10,12-20,22,44H,11,21,23-37H2,1-5H3,(H,61,64,74)(H,63,72,75). The van der Waals surface area contributed by atoms with Gasteiger partial charge in [-0.2, -0.15) is 5.10 Å². The van der Waals surface area contributed by atoms with E-state index in [4.69, 9.17) is 19.6 Å². The van der Waals surface area contributed by atoms with Crippen LogP contribution in [0.2, 0.25) is 0 Å². The number of thiazole rings is 1. The maximum Gasteiger partial charge on any atom is 0.358 e. The quantitative estimate of drug-likeness (QED) is 0.0617. The summed E-state index contributed by atoms with van der Waals surface area (Å²) in [7, 11) is 1.89. The first-order valence-electron chi connectivity index (χ1n) is 27.4. The van der Waals surface area contributed by atoms with E-state index >= 15 is 0 Å². The molecule has 4 aromatic carbocycles. The van der Waals surface area contributed by atoms with Gasteiger partial charge in [0.25, 0.3) is 5.91 Å². The fourth-order valence-electron chi connectivity index (χ4n) is 11.4. The Hall–Kier alpha value is -7.74. The molecule has 4 aliphatic heterocycles. The second-order valence-corrected chi connectivity index (χ2v) is 23.0. The lowest BCUT2D eigenvalue weighted by Crippen LogP contribution is -2.54. The number of fused-ring (bicyclic) bond motifs is 3. The van der Waals surface area contributed by atoms with Gasteiger partial charge in [-0.05, 0) is 112 Å². The molecule has 79 heavy (non-hydrogen) atoms. The molecule has 7 heterocycles. The third-order valence-electron chi connectivity index (χ3n) is 15.5. The average Bonchev–Trinajstić information content (AvgIpc) is 4.29. The number of para-hydroxylation sites is 2. The van der Waals surface area contributed by atoms with Crippen LogP contribution in [0.25, 0.3) is 32.2 Å². The summed E-state index contributed by atoms with van der Waals surface area (Å²) < 4.78 is 15.3. The Morgan fingerprint density at radius 1 is 0.797 bits per heavy atom. The lowest BCUT2D eigenvalue weighted by atomic mass is 9.92. The van der Waals surface area contributed by atoms with Crippen molar-refractivity contribution in [3.05, 3.63) is 125 Å². The van der Waals surface area contributed by atoms with Crippen LogP contribution >= 0.6 is 11.3 Å². The number of carbonyl (C=O) groups excluding carboxylic acids is 5. The summed E-state index contributed by atoms with van der Waals surface area (Å²) in [6.45, 7) is 16.4. The highest BCUT2D eigenvalue weighted by molar-refractivity contribution is 7.22. The van der Waals surface area contributed by atoms with Crippen LogP contribution in [0.4, 0.5) is 16.6 Å². The largest absolute Gasteiger partial charge is 0.493 e. The van der Waals surface area contributed by atoms with Crippen LogP contribution in [0.1, 0.15) is 89.2 Å². The van der Waals surface area contributed by atoms with Gasteiger partial charge >= 0.3 is 5.97 Å². The lowest BCUT2D eigenvalue weighted by molar-refractivity contribution is -0.135. The second-order valence-electron chi connectivity index (χ2n) is 21.9. The van der Waals surface area contributed by atoms with Gasteiger partial charge in [0.15, 0.2) is 10.8 Å². The van der Waals surface area contributed by atoms with E-state index < -0.39 is 17.5 Å². The van der Waals surface area contributed by atoms with Gasteiger partial charge in [-0.1, -0.05) is 59.9 Å². The van der Waals surface area contributed by atoms with Crippen molar-refractivity contribution >= 4 is 78.7 Å². The maximum absolute atomic E-state index is 14.1. The Balaban J connectivity index is 0.673. The van der Waals surface area contributed by atoms with Crippen LogP contribution in [0, 0.1) is 6.92 Å². The predicted octanol–water partition coefficient (Wildman–Crippen LogP) is 7.58. The van der Waals surface area contributed by atoms with Crippen molar-refractivity contribution < 1.29 is 33.4 Å². The number of aromatic nitrogens is 4. The number of rotatable bonds is 14. The van der Waals surface area contributed by atoms with Gasteiger partial charge in [-0.3, -0.25) is 39.4 Å². The van der Waals surface area contributed by atoms with Gasteiger partial charge in [0.05, 0.1) is 46.2 Å². The summed E-state index contributed by atoms with van der Waals surface area (Å²) in [6.07, 6.45) is 2.26. The predicted molar refractivity (Wildman–Crippen MR) is 306 cm³/mol. The summed E-state index contributed by atoms with van der Waals surface area (Å²) in [6, 6.07) is 29.5. The number of carbonyl (C=O) groups is 5. The van der Waals surface area contributed by atoms with Crippen LogP contribution in [0.3, 0.4) is 0 Å². The molecule has 0 bridgehead atoms. The zero-order chi connectivity index (χ0) is 55.0. The van der Waals surface area contributed by atoms with Gasteiger partial charge in [-0.15, -0.1) is 0 Å². The number of benzene rings is 4. The third-order valence-corrected chi connectivity index (χ3v) is 16.5. The molecule has 3 fully saturated rings. The molecule has 3 saturated heterocycles. The minimum atomic E-state index is -0.752. The molecule has 4 aliphatic rings. The molecule has 11 rings (SSSR count). The van der Waals surface area contributed by atoms with E-state index in [1.165, 1.54) is 11.3 Å². The SMILES string of the molecule is Cc1c(OCCCN2CCN(CC(=O)N3CCN(c4cccc5c(C6CCC(=O)NC6=O)nn(C)c45)CC3)CC2)cccc1-c1ccc(N2CCc3cccc(C(=O)Nc4nc5ccccc5s4)c3C2)nc1C(=O)OC(C)(C)C. The van der Waals surface area contributed by atoms with Gasteiger partial charge in [0.2, 0.25) is 17.7 Å². The normalized spacial score (nSPS) is 17.5. The fourth-order valence-corrected chi connectivity index (χ4v) is 12.3. The first-order valence-corrected chi connectivity index (χ1v) is 28.2. The molecule has 2 N–H and O–H groups in total. The van der Waals surface area contributed by atoms with Crippen LogP contribution in [0.5, 0.6) is 5.75 Å². The minimum Gasteiger partial charge on any atom is -0.493 e. The van der Waals surface area contributed by atoms with Crippen LogP contribution in [0.15, 0.2) is 91.0 Å². The van der Waals surface area contributed by atoms with Crippen LogP contribution in [-0.2, 0) is 39.1 Å². The zero-order valence-electron chi connectivity index (χ0n) is 45.5. The van der Waals surface area contributed by atoms with Crippen molar-refractivity contribution in [2.45, 2.75) is 71.4 Å². The maximum atomic E-state index is 14.1. The van der Waals surface area contributed by atoms with E-state index in [0.717, 1.165) is 94.0 Å². The highest BCUT2D eigenvalue weighted by Gasteiger charge is 2.34. The lowest BCUT2D eigenvalue weighted by Gasteiger charge is -2.38. The van der Waals surface area contributed by atoms with E-state index in [-0.39, 0.29) is 29.3 Å². The number of piperazine rings is 2. The number of esters is 1. The molecule has 3 aromatic heterocycles. The molecular weight excluding hydrogens is 1020 g/mol. The summed E-state index contributed by atoms with van der Waals surface area (Å²) in [4.78, 5) is 86.8. The van der Waals surface area contributed by atoms with E-state index in [2.05, 4.69) is 47.3 Å². The number of hydrogen-bond acceptors (Lipinski definition) is 15. The Labute approximate surface area is 463 Å². The van der Waals surface area contributed by atoms with Gasteiger partial charge in [0.1, 0.15) is 17.2 Å². The number of ether oxygens (including phenoxy) is 2. The molecule has 4 amide bonds. The number of amides is 4. The number of imide groups is 1. The number of hydrogen-bond donors (Lipinski definition) is 2. The molecule has 410 valence electrons. The first kappa shape index (κ1) is 53.3. The monoisotopic (exact) mass is 1090 g/mol. The Bertz CT molecular complexity index is 3450. The van der Waals surface area contributed by atoms with E-state index in [9.17, 15) is 24.0 Å². The smallest absolute Gasteiger partial charge is 0.358 e. The molecule has 18 nitrogen and oxygen atoms in total. The zero-order valence-corrected chi connectivity index (χ0v) is 46.4. The molecule has 0 radical (unpaired) electrons. The van der Waals surface area contributed by atoms with Crippen molar-refractivity contribution in [1.29, 1.82) is 0 Å². The van der Waals surface area contributed by atoms with Crippen LogP contribution < -0.4 is 25.2 Å². The molecular formula is C60H67N11O7S. The number of nitrogens with zero attached hydrogens (tertiary/aromatic N) is 9. The van der Waals surface area contributed by atoms with Gasteiger partial charge in [0, 0.05) is 102 Å². The first-order chi connectivity index (χ1) is 38.1. The van der Waals surface area contributed by atoms with Crippen molar-refractivity contribution in [3.8, 4) is 16.9 Å². The Morgan fingerprint density at radius 3 is 2.35 bits per heavy atom. The van der Waals surface area contributed by atoms with Crippen molar-refractivity contribution in [2.75, 3.05) is 93.7 Å². The number of anilines is 3. The van der Waals surface area contributed by atoms with E-state index in [1.807, 2.05) is 123 Å². The summed E-state index contributed by atoms with van der Waals surface area (Å²) in [5, 5.41) is 11.7. The minimum absolute atomic E-state index is 0.148. The highest BCUT2D eigenvalue weighted by atomic mass is 32.1. The molecule has 1 unspecified atom stereocenters. The van der Waals surface area contributed by atoms with E-state index in [0.29, 0.717) is 99.5 Å². The number of piperidine rings is 1. The molecule has 0 aliphatic carbocycles. The van der Waals surface area contributed by atoms with Crippen LogP contribution in [-0.4, -0.2) is 148 Å². The summed E-state index contributed by atoms with van der Waals surface area (Å²) in [5.41, 5.74) is 7.93. The molecule has 0 saturated carbocycles. The van der Waals surface area contributed by atoms with Crippen molar-refractivity contribution in [2.24, 2.45) is 7.05 Å². The fraction of sp³-hybridized carbons (Fsp3) is 0.400. The molecule has 0 spiro atoms. The van der Waals surface area contributed by atoms with Gasteiger partial charge < -0.3 is 29.1 Å². The molecule has 1 atom stereocenters. The van der Waals surface area contributed by atoms with Crippen molar-refractivity contribution in [3.63, 3.8) is 0 Å². The number of aryl methyl sites for hydroxylation is 1. The topological polar surface area (TPSA) is 188 Å². The summed E-state index contributed by atoms with van der Waals surface area (Å²) in [5.74, 6) is -0.247. The van der Waals surface area contributed by atoms with Crippen molar-refractivity contribution in [1.82, 2.24) is 39.8 Å². The number of pyridine rings is 1. The average molecular weight is 1090 g/mol. The Morgan fingerprint density at radius 2 is 1.57 bits per heavy atom. The Kier molecular flexibility index (Phi) is 15.2. The van der Waals surface area contributed by atoms with Gasteiger partial charge in [-0.25, -0.2) is 14.8 Å². The number of nitrogens with one attached hydrogen (secondary N) is 2. The summed E-state index contributed by atoms with van der Waals surface area (Å²) >= 11 is 1.44. The second kappa shape index (κ2) is 22.5. The third kappa shape index (κ3) is 11.6. The highest BCUT2D eigenvalue weighted by Crippen LogP contribution is 2.37. The molecule has 7 aromatic rings. The molecule has 19 heteroatoms. The van der Waals surface area contributed by atoms with E-state index in [1.54, 1.807) is 0 Å².